The van der Waals surface area contributed by atoms with Gasteiger partial charge in [-0.05, 0) is 62.4 Å². The predicted octanol–water partition coefficient (Wildman–Crippen LogP) is 1.88. The van der Waals surface area contributed by atoms with Crippen molar-refractivity contribution < 1.29 is 9.59 Å². The monoisotopic (exact) mass is 290 g/mol. The largest absolute Gasteiger partial charge is 0.351 e. The van der Waals surface area contributed by atoms with Crippen molar-refractivity contribution in [3.63, 3.8) is 0 Å². The third-order valence-corrected chi connectivity index (χ3v) is 3.97. The molecular formula is C15H22N4O2. The van der Waals surface area contributed by atoms with Crippen molar-refractivity contribution in [3.8, 4) is 0 Å². The van der Waals surface area contributed by atoms with Gasteiger partial charge in [-0.3, -0.25) is 4.79 Å². The van der Waals surface area contributed by atoms with Gasteiger partial charge in [0.25, 0.3) is 0 Å². The summed E-state index contributed by atoms with van der Waals surface area (Å²) in [7, 11) is 0. The normalized spacial score (nSPS) is 21.6. The number of carbonyl (C=O) groups is 2. The molecule has 21 heavy (non-hydrogen) atoms. The van der Waals surface area contributed by atoms with Gasteiger partial charge in [-0.2, -0.15) is 0 Å². The van der Waals surface area contributed by atoms with Gasteiger partial charge in [0.15, 0.2) is 0 Å². The maximum absolute atomic E-state index is 12.2. The second-order valence-electron chi connectivity index (χ2n) is 5.51. The van der Waals surface area contributed by atoms with E-state index in [0.717, 1.165) is 31.4 Å². The fourth-order valence-corrected chi connectivity index (χ4v) is 2.68. The van der Waals surface area contributed by atoms with E-state index >= 15 is 0 Å². The zero-order valence-electron chi connectivity index (χ0n) is 12.0. The van der Waals surface area contributed by atoms with Crippen molar-refractivity contribution in [1.29, 1.82) is 0 Å². The first kappa shape index (κ1) is 15.3. The van der Waals surface area contributed by atoms with Gasteiger partial charge in [0.05, 0.1) is 0 Å². The summed E-state index contributed by atoms with van der Waals surface area (Å²) in [6.45, 7) is 0.711. The Morgan fingerprint density at radius 2 is 1.52 bits per heavy atom. The van der Waals surface area contributed by atoms with Gasteiger partial charge < -0.3 is 22.1 Å². The molecular weight excluding hydrogens is 268 g/mol. The van der Waals surface area contributed by atoms with E-state index in [9.17, 15) is 9.59 Å². The van der Waals surface area contributed by atoms with Crippen LogP contribution >= 0.6 is 0 Å². The summed E-state index contributed by atoms with van der Waals surface area (Å²) in [5.41, 5.74) is 12.0. The molecule has 0 saturated heterocycles. The second-order valence-corrected chi connectivity index (χ2v) is 5.51. The average Bonchev–Trinajstić information content (AvgIpc) is 2.49. The second kappa shape index (κ2) is 7.08. The maximum atomic E-state index is 12.2. The molecule has 1 aromatic carbocycles. The van der Waals surface area contributed by atoms with Crippen LogP contribution in [-0.2, 0) is 4.79 Å². The molecule has 0 atom stereocenters. The Labute approximate surface area is 124 Å². The summed E-state index contributed by atoms with van der Waals surface area (Å²) in [6.07, 6.45) is 3.84. The van der Waals surface area contributed by atoms with E-state index in [4.69, 9.17) is 11.5 Å². The number of hydrogen-bond acceptors (Lipinski definition) is 3. The van der Waals surface area contributed by atoms with E-state index in [1.165, 1.54) is 0 Å². The lowest BCUT2D eigenvalue weighted by Crippen LogP contribution is -2.29. The predicted molar refractivity (Wildman–Crippen MR) is 82.8 cm³/mol. The fraction of sp³-hybridized carbons (Fsp3) is 0.467. The number of primary amides is 1. The standard InChI is InChI=1S/C15H22N4O2/c16-9-10-1-3-11(4-2-10)14(20)18-12-5-7-13(8-6-12)19-15(17)21/h5-8,10-11H,1-4,9,16H2,(H,18,20)(H3,17,19,21). The molecule has 0 aliphatic heterocycles. The van der Waals surface area contributed by atoms with Crippen LogP contribution in [0, 0.1) is 11.8 Å². The maximum Gasteiger partial charge on any atom is 0.316 e. The van der Waals surface area contributed by atoms with Gasteiger partial charge in [-0.15, -0.1) is 0 Å². The molecule has 1 aliphatic rings. The molecule has 6 heteroatoms. The van der Waals surface area contributed by atoms with Gasteiger partial charge in [-0.25, -0.2) is 4.79 Å². The lowest BCUT2D eigenvalue weighted by atomic mass is 9.81. The first-order valence-corrected chi connectivity index (χ1v) is 7.26. The molecule has 0 spiro atoms. The van der Waals surface area contributed by atoms with Crippen LogP contribution in [0.15, 0.2) is 24.3 Å². The van der Waals surface area contributed by atoms with E-state index in [2.05, 4.69) is 10.6 Å². The van der Waals surface area contributed by atoms with Crippen molar-refractivity contribution >= 4 is 23.3 Å². The number of rotatable bonds is 4. The molecule has 0 aromatic heterocycles. The SMILES string of the molecule is NCC1CCC(C(=O)Nc2ccc(NC(N)=O)cc2)CC1. The van der Waals surface area contributed by atoms with E-state index in [0.29, 0.717) is 18.2 Å². The molecule has 114 valence electrons. The molecule has 0 heterocycles. The van der Waals surface area contributed by atoms with Gasteiger partial charge in [0, 0.05) is 17.3 Å². The molecule has 1 aromatic rings. The van der Waals surface area contributed by atoms with Crippen LogP contribution in [-0.4, -0.2) is 18.5 Å². The highest BCUT2D eigenvalue weighted by Crippen LogP contribution is 2.29. The Morgan fingerprint density at radius 1 is 1.00 bits per heavy atom. The minimum atomic E-state index is -0.608. The van der Waals surface area contributed by atoms with E-state index < -0.39 is 6.03 Å². The smallest absolute Gasteiger partial charge is 0.316 e. The number of carbonyl (C=O) groups excluding carboxylic acids is 2. The zero-order valence-corrected chi connectivity index (χ0v) is 12.0. The molecule has 6 nitrogen and oxygen atoms in total. The van der Waals surface area contributed by atoms with Crippen LogP contribution in [0.3, 0.4) is 0 Å². The Kier molecular flexibility index (Phi) is 5.16. The topological polar surface area (TPSA) is 110 Å². The molecule has 6 N–H and O–H groups in total. The zero-order chi connectivity index (χ0) is 15.2. The van der Waals surface area contributed by atoms with Crippen LogP contribution in [0.25, 0.3) is 0 Å². The molecule has 3 amide bonds. The molecule has 0 unspecified atom stereocenters. The minimum Gasteiger partial charge on any atom is -0.351 e. The van der Waals surface area contributed by atoms with E-state index in [1.54, 1.807) is 24.3 Å². The van der Waals surface area contributed by atoms with E-state index in [-0.39, 0.29) is 11.8 Å². The number of urea groups is 1. The summed E-state index contributed by atoms with van der Waals surface area (Å²) in [6, 6.07) is 6.28. The van der Waals surface area contributed by atoms with Gasteiger partial charge in [-0.1, -0.05) is 0 Å². The lowest BCUT2D eigenvalue weighted by Gasteiger charge is -2.26. The molecule has 1 fully saturated rings. The first-order valence-electron chi connectivity index (χ1n) is 7.26. The Bertz CT molecular complexity index is 493. The molecule has 1 saturated carbocycles. The number of anilines is 2. The van der Waals surface area contributed by atoms with Crippen molar-refractivity contribution in [2.45, 2.75) is 25.7 Å². The Morgan fingerprint density at radius 3 is 2.00 bits per heavy atom. The summed E-state index contributed by atoms with van der Waals surface area (Å²) >= 11 is 0. The summed E-state index contributed by atoms with van der Waals surface area (Å²) in [4.78, 5) is 22.9. The Balaban J connectivity index is 1.86. The van der Waals surface area contributed by atoms with E-state index in [1.807, 2.05) is 0 Å². The summed E-state index contributed by atoms with van der Waals surface area (Å²) in [5, 5.41) is 5.39. The van der Waals surface area contributed by atoms with Crippen LogP contribution < -0.4 is 22.1 Å². The quantitative estimate of drug-likeness (QED) is 0.679. The van der Waals surface area contributed by atoms with Crippen LogP contribution in [0.5, 0.6) is 0 Å². The van der Waals surface area contributed by atoms with Crippen molar-refractivity contribution in [2.24, 2.45) is 23.3 Å². The third kappa shape index (κ3) is 4.46. The molecule has 0 radical (unpaired) electrons. The van der Waals surface area contributed by atoms with Gasteiger partial charge in [0.2, 0.25) is 5.91 Å². The van der Waals surface area contributed by atoms with Crippen LogP contribution in [0.4, 0.5) is 16.2 Å². The molecule has 2 rings (SSSR count). The van der Waals surface area contributed by atoms with Gasteiger partial charge >= 0.3 is 6.03 Å². The fourth-order valence-electron chi connectivity index (χ4n) is 2.68. The highest BCUT2D eigenvalue weighted by Gasteiger charge is 2.25. The number of benzene rings is 1. The lowest BCUT2D eigenvalue weighted by molar-refractivity contribution is -0.121. The highest BCUT2D eigenvalue weighted by atomic mass is 16.2. The minimum absolute atomic E-state index is 0.0566. The number of amides is 3. The number of nitrogens with two attached hydrogens (primary N) is 2. The first-order chi connectivity index (χ1) is 10.1. The van der Waals surface area contributed by atoms with Crippen molar-refractivity contribution in [1.82, 2.24) is 0 Å². The number of hydrogen-bond donors (Lipinski definition) is 4. The number of nitrogens with one attached hydrogen (secondary N) is 2. The van der Waals surface area contributed by atoms with Crippen LogP contribution in [0.2, 0.25) is 0 Å². The van der Waals surface area contributed by atoms with Crippen molar-refractivity contribution in [3.05, 3.63) is 24.3 Å². The summed E-state index contributed by atoms with van der Waals surface area (Å²) < 4.78 is 0. The average molecular weight is 290 g/mol. The highest BCUT2D eigenvalue weighted by molar-refractivity contribution is 5.93. The molecule has 0 bridgehead atoms. The Hall–Kier alpha value is -2.08. The molecule has 1 aliphatic carbocycles. The van der Waals surface area contributed by atoms with Gasteiger partial charge in [0.1, 0.15) is 0 Å². The third-order valence-electron chi connectivity index (χ3n) is 3.97. The van der Waals surface area contributed by atoms with Crippen molar-refractivity contribution in [2.75, 3.05) is 17.2 Å². The summed E-state index contributed by atoms with van der Waals surface area (Å²) in [5.74, 6) is 0.686. The van der Waals surface area contributed by atoms with Crippen LogP contribution in [0.1, 0.15) is 25.7 Å².